The van der Waals surface area contributed by atoms with Gasteiger partial charge < -0.3 is 15.4 Å². The topological polar surface area (TPSA) is 38.5 Å². The molecule has 1 aliphatic heterocycles. The summed E-state index contributed by atoms with van der Waals surface area (Å²) in [6.07, 6.45) is 2.59. The van der Waals surface area contributed by atoms with Crippen molar-refractivity contribution in [3.05, 3.63) is 24.3 Å². The van der Waals surface area contributed by atoms with Crippen LogP contribution in [0.25, 0.3) is 0 Å². The first-order valence-electron chi connectivity index (χ1n) is 6.79. The fourth-order valence-electron chi connectivity index (χ4n) is 2.63. The highest BCUT2D eigenvalue weighted by molar-refractivity contribution is 5.67. The van der Waals surface area contributed by atoms with E-state index < -0.39 is 0 Å². The van der Waals surface area contributed by atoms with Crippen LogP contribution in [0.5, 0.6) is 0 Å². The average molecular weight is 248 g/mol. The summed E-state index contributed by atoms with van der Waals surface area (Å²) in [5, 5.41) is 0. The lowest BCUT2D eigenvalue weighted by Crippen LogP contribution is -2.34. The first-order chi connectivity index (χ1) is 8.52. The maximum absolute atomic E-state index is 6.06. The molecule has 1 atom stereocenters. The number of anilines is 2. The van der Waals surface area contributed by atoms with Crippen molar-refractivity contribution in [1.29, 1.82) is 0 Å². The Bertz CT molecular complexity index is 403. The number of para-hydroxylation sites is 2. The van der Waals surface area contributed by atoms with Crippen molar-refractivity contribution in [3.8, 4) is 0 Å². The van der Waals surface area contributed by atoms with Gasteiger partial charge in [0.2, 0.25) is 0 Å². The predicted molar refractivity (Wildman–Crippen MR) is 76.9 cm³/mol. The molecule has 0 saturated carbocycles. The molecule has 0 spiro atoms. The van der Waals surface area contributed by atoms with Crippen LogP contribution in [-0.4, -0.2) is 24.8 Å². The number of nitrogens with zero attached hydrogens (tertiary/aromatic N) is 1. The molecule has 1 heterocycles. The fourth-order valence-corrected chi connectivity index (χ4v) is 2.63. The Kier molecular flexibility index (Phi) is 3.81. The van der Waals surface area contributed by atoms with E-state index in [0.717, 1.165) is 37.3 Å². The molecule has 1 saturated heterocycles. The minimum Gasteiger partial charge on any atom is -0.397 e. The number of hydrogen-bond donors (Lipinski definition) is 1. The highest BCUT2D eigenvalue weighted by Crippen LogP contribution is 2.31. The number of nitrogen functional groups attached to an aromatic ring is 1. The zero-order valence-corrected chi connectivity index (χ0v) is 11.6. The monoisotopic (exact) mass is 248 g/mol. The van der Waals surface area contributed by atoms with Crippen LogP contribution in [0.1, 0.15) is 33.6 Å². The Morgan fingerprint density at radius 2 is 2.11 bits per heavy atom. The molecule has 1 fully saturated rings. The van der Waals surface area contributed by atoms with Gasteiger partial charge in [-0.2, -0.15) is 0 Å². The molecule has 1 aromatic rings. The standard InChI is InChI=1S/C15H24N2O/c1-4-17(14-8-6-5-7-13(14)16)11-12-9-10-15(2,3)18-12/h5-8,12H,4,9-11,16H2,1-3H3. The largest absolute Gasteiger partial charge is 0.397 e. The maximum atomic E-state index is 6.06. The van der Waals surface area contributed by atoms with E-state index in [0.29, 0.717) is 6.10 Å². The molecule has 1 aliphatic rings. The summed E-state index contributed by atoms with van der Waals surface area (Å²) in [6, 6.07) is 8.05. The molecular weight excluding hydrogens is 224 g/mol. The molecule has 1 aromatic carbocycles. The van der Waals surface area contributed by atoms with Crippen LogP contribution in [0, 0.1) is 0 Å². The zero-order chi connectivity index (χ0) is 13.2. The Balaban J connectivity index is 2.05. The van der Waals surface area contributed by atoms with Crippen LogP contribution in [0.15, 0.2) is 24.3 Å². The van der Waals surface area contributed by atoms with Crippen molar-refractivity contribution in [1.82, 2.24) is 0 Å². The van der Waals surface area contributed by atoms with Crippen molar-refractivity contribution >= 4 is 11.4 Å². The highest BCUT2D eigenvalue weighted by Gasteiger charge is 2.32. The van der Waals surface area contributed by atoms with E-state index in [1.54, 1.807) is 0 Å². The SMILES string of the molecule is CCN(CC1CCC(C)(C)O1)c1ccccc1N. The van der Waals surface area contributed by atoms with Crippen LogP contribution in [0.3, 0.4) is 0 Å². The van der Waals surface area contributed by atoms with E-state index in [9.17, 15) is 0 Å². The van der Waals surface area contributed by atoms with Crippen LogP contribution in [-0.2, 0) is 4.74 Å². The van der Waals surface area contributed by atoms with Crippen LogP contribution in [0.2, 0.25) is 0 Å². The van der Waals surface area contributed by atoms with E-state index >= 15 is 0 Å². The predicted octanol–water partition coefficient (Wildman–Crippen LogP) is 3.05. The third kappa shape index (κ3) is 2.96. The number of ether oxygens (including phenoxy) is 1. The summed E-state index contributed by atoms with van der Waals surface area (Å²) in [5.74, 6) is 0. The first-order valence-corrected chi connectivity index (χ1v) is 6.79. The maximum Gasteiger partial charge on any atom is 0.0758 e. The van der Waals surface area contributed by atoms with Gasteiger partial charge >= 0.3 is 0 Å². The number of likely N-dealkylation sites (N-methyl/N-ethyl adjacent to an activating group) is 1. The van der Waals surface area contributed by atoms with Gasteiger partial charge in [0, 0.05) is 13.1 Å². The Morgan fingerprint density at radius 3 is 2.67 bits per heavy atom. The molecule has 3 heteroatoms. The van der Waals surface area contributed by atoms with Gasteiger partial charge in [0.1, 0.15) is 0 Å². The molecule has 100 valence electrons. The highest BCUT2D eigenvalue weighted by atomic mass is 16.5. The number of benzene rings is 1. The molecule has 0 bridgehead atoms. The smallest absolute Gasteiger partial charge is 0.0758 e. The zero-order valence-electron chi connectivity index (χ0n) is 11.6. The minimum absolute atomic E-state index is 0.0340. The molecule has 3 nitrogen and oxygen atoms in total. The van der Waals surface area contributed by atoms with Gasteiger partial charge in [-0.15, -0.1) is 0 Å². The summed E-state index contributed by atoms with van der Waals surface area (Å²) in [7, 11) is 0. The van der Waals surface area contributed by atoms with Gasteiger partial charge in [-0.3, -0.25) is 0 Å². The second kappa shape index (κ2) is 5.19. The summed E-state index contributed by atoms with van der Waals surface area (Å²) >= 11 is 0. The lowest BCUT2D eigenvalue weighted by molar-refractivity contribution is -0.0114. The second-order valence-electron chi connectivity index (χ2n) is 5.64. The average Bonchev–Trinajstić information content (AvgIpc) is 2.67. The van der Waals surface area contributed by atoms with E-state index in [1.807, 2.05) is 18.2 Å². The normalized spacial score (nSPS) is 22.1. The Hall–Kier alpha value is -1.22. The lowest BCUT2D eigenvalue weighted by atomic mass is 10.1. The van der Waals surface area contributed by atoms with E-state index in [4.69, 9.17) is 10.5 Å². The number of rotatable bonds is 4. The summed E-state index contributed by atoms with van der Waals surface area (Å²) in [4.78, 5) is 2.31. The van der Waals surface area contributed by atoms with Gasteiger partial charge in [-0.1, -0.05) is 12.1 Å². The second-order valence-corrected chi connectivity index (χ2v) is 5.64. The molecular formula is C15H24N2O. The van der Waals surface area contributed by atoms with E-state index in [2.05, 4.69) is 31.7 Å². The third-order valence-electron chi connectivity index (χ3n) is 3.64. The molecule has 0 amide bonds. The Labute approximate surface area is 110 Å². The van der Waals surface area contributed by atoms with Crippen LogP contribution in [0.4, 0.5) is 11.4 Å². The number of nitrogens with two attached hydrogens (primary N) is 1. The molecule has 0 radical (unpaired) electrons. The van der Waals surface area contributed by atoms with Gasteiger partial charge in [0.05, 0.1) is 23.1 Å². The van der Waals surface area contributed by atoms with E-state index in [1.165, 1.54) is 0 Å². The lowest BCUT2D eigenvalue weighted by Gasteiger charge is -2.28. The minimum atomic E-state index is 0.0340. The molecule has 0 aromatic heterocycles. The van der Waals surface area contributed by atoms with Crippen molar-refractivity contribution in [2.45, 2.75) is 45.3 Å². The van der Waals surface area contributed by atoms with Crippen molar-refractivity contribution in [2.24, 2.45) is 0 Å². The van der Waals surface area contributed by atoms with Gasteiger partial charge in [-0.25, -0.2) is 0 Å². The van der Waals surface area contributed by atoms with Gasteiger partial charge in [0.25, 0.3) is 0 Å². The first kappa shape index (κ1) is 13.2. The van der Waals surface area contributed by atoms with Crippen LogP contribution >= 0.6 is 0 Å². The van der Waals surface area contributed by atoms with Crippen LogP contribution < -0.4 is 10.6 Å². The number of hydrogen-bond acceptors (Lipinski definition) is 3. The van der Waals surface area contributed by atoms with Gasteiger partial charge in [0.15, 0.2) is 0 Å². The molecule has 18 heavy (non-hydrogen) atoms. The third-order valence-corrected chi connectivity index (χ3v) is 3.64. The molecule has 2 N–H and O–H groups in total. The fraction of sp³-hybridized carbons (Fsp3) is 0.600. The summed E-state index contributed by atoms with van der Waals surface area (Å²) in [6.45, 7) is 8.37. The molecule has 0 aliphatic carbocycles. The quantitative estimate of drug-likeness (QED) is 0.832. The molecule has 2 rings (SSSR count). The molecule has 1 unspecified atom stereocenters. The van der Waals surface area contributed by atoms with E-state index in [-0.39, 0.29) is 5.60 Å². The van der Waals surface area contributed by atoms with Crippen molar-refractivity contribution in [3.63, 3.8) is 0 Å². The Morgan fingerprint density at radius 1 is 1.39 bits per heavy atom. The summed E-state index contributed by atoms with van der Waals surface area (Å²) < 4.78 is 6.06. The van der Waals surface area contributed by atoms with Gasteiger partial charge in [-0.05, 0) is 45.7 Å². The van der Waals surface area contributed by atoms with Crippen molar-refractivity contribution < 1.29 is 4.74 Å². The summed E-state index contributed by atoms with van der Waals surface area (Å²) in [5.41, 5.74) is 8.04. The van der Waals surface area contributed by atoms with Crippen molar-refractivity contribution in [2.75, 3.05) is 23.7 Å².